The quantitative estimate of drug-likeness (QED) is 0.874. The Morgan fingerprint density at radius 3 is 2.50 bits per heavy atom. The van der Waals surface area contributed by atoms with Crippen LogP contribution in [0.5, 0.6) is 0 Å². The SMILES string of the molecule is Cc1ccc(C(=O)NS(=O)(=O)c2ccc(N3CCOCC3)nc2)c(C)c1. The smallest absolute Gasteiger partial charge is 0.265 e. The number of benzene rings is 1. The van der Waals surface area contributed by atoms with E-state index >= 15 is 0 Å². The van der Waals surface area contributed by atoms with Crippen molar-refractivity contribution in [1.29, 1.82) is 0 Å². The third-order valence-corrected chi connectivity index (χ3v) is 5.54. The number of nitrogens with one attached hydrogen (secondary N) is 1. The van der Waals surface area contributed by atoms with Gasteiger partial charge in [0.1, 0.15) is 10.7 Å². The van der Waals surface area contributed by atoms with E-state index < -0.39 is 15.9 Å². The first-order valence-corrected chi connectivity index (χ1v) is 9.78. The number of hydrogen-bond donors (Lipinski definition) is 1. The molecule has 7 nitrogen and oxygen atoms in total. The molecular formula is C18H21N3O4S. The molecule has 1 amide bonds. The summed E-state index contributed by atoms with van der Waals surface area (Å²) in [6.45, 7) is 6.34. The molecule has 0 radical (unpaired) electrons. The molecule has 0 saturated carbocycles. The first kappa shape index (κ1) is 18.3. The van der Waals surface area contributed by atoms with Crippen molar-refractivity contribution >= 4 is 21.7 Å². The average Bonchev–Trinajstić information content (AvgIpc) is 2.62. The Kier molecular flexibility index (Phi) is 5.24. The van der Waals surface area contributed by atoms with E-state index in [1.54, 1.807) is 25.1 Å². The molecule has 3 rings (SSSR count). The number of aromatic nitrogens is 1. The molecule has 26 heavy (non-hydrogen) atoms. The Balaban J connectivity index is 1.76. The monoisotopic (exact) mass is 375 g/mol. The molecule has 0 bridgehead atoms. The number of aryl methyl sites for hydroxylation is 2. The number of hydrogen-bond acceptors (Lipinski definition) is 6. The number of ether oxygens (including phenoxy) is 1. The minimum absolute atomic E-state index is 0.0485. The van der Waals surface area contributed by atoms with Crippen molar-refractivity contribution < 1.29 is 17.9 Å². The lowest BCUT2D eigenvalue weighted by atomic mass is 10.1. The van der Waals surface area contributed by atoms with Gasteiger partial charge in [0.25, 0.3) is 15.9 Å². The minimum atomic E-state index is -3.99. The highest BCUT2D eigenvalue weighted by molar-refractivity contribution is 7.90. The van der Waals surface area contributed by atoms with Crippen molar-refractivity contribution in [2.75, 3.05) is 31.2 Å². The van der Waals surface area contributed by atoms with Gasteiger partial charge in [-0.3, -0.25) is 4.79 Å². The second-order valence-electron chi connectivity index (χ2n) is 6.20. The largest absolute Gasteiger partial charge is 0.378 e. The summed E-state index contributed by atoms with van der Waals surface area (Å²) in [7, 11) is -3.99. The van der Waals surface area contributed by atoms with Gasteiger partial charge < -0.3 is 9.64 Å². The van der Waals surface area contributed by atoms with Crippen molar-refractivity contribution in [1.82, 2.24) is 9.71 Å². The molecule has 1 aromatic heterocycles. The van der Waals surface area contributed by atoms with E-state index in [-0.39, 0.29) is 4.90 Å². The maximum atomic E-state index is 12.5. The number of pyridine rings is 1. The second-order valence-corrected chi connectivity index (χ2v) is 7.89. The van der Waals surface area contributed by atoms with E-state index in [0.717, 1.165) is 11.1 Å². The van der Waals surface area contributed by atoms with Gasteiger partial charge in [0.05, 0.1) is 13.2 Å². The highest BCUT2D eigenvalue weighted by atomic mass is 32.2. The van der Waals surface area contributed by atoms with Crippen molar-refractivity contribution in [2.45, 2.75) is 18.7 Å². The van der Waals surface area contributed by atoms with Crippen LogP contribution in [0.2, 0.25) is 0 Å². The van der Waals surface area contributed by atoms with Gasteiger partial charge in [-0.1, -0.05) is 17.7 Å². The molecule has 1 N–H and O–H groups in total. The van der Waals surface area contributed by atoms with Crippen LogP contribution in [0.25, 0.3) is 0 Å². The van der Waals surface area contributed by atoms with E-state index in [9.17, 15) is 13.2 Å². The fraction of sp³-hybridized carbons (Fsp3) is 0.333. The number of anilines is 1. The number of carbonyl (C=O) groups is 1. The van der Waals surface area contributed by atoms with Gasteiger partial charge >= 0.3 is 0 Å². The topological polar surface area (TPSA) is 88.6 Å². The van der Waals surface area contributed by atoms with Crippen LogP contribution >= 0.6 is 0 Å². The molecule has 0 aliphatic carbocycles. The van der Waals surface area contributed by atoms with Gasteiger partial charge in [-0.2, -0.15) is 0 Å². The number of sulfonamides is 1. The molecule has 1 aliphatic heterocycles. The van der Waals surface area contributed by atoms with Gasteiger partial charge in [0.2, 0.25) is 0 Å². The molecule has 138 valence electrons. The number of carbonyl (C=O) groups excluding carboxylic acids is 1. The summed E-state index contributed by atoms with van der Waals surface area (Å²) in [4.78, 5) is 18.5. The lowest BCUT2D eigenvalue weighted by molar-refractivity contribution is 0.0981. The van der Waals surface area contributed by atoms with Crippen LogP contribution in [-0.2, 0) is 14.8 Å². The summed E-state index contributed by atoms with van der Waals surface area (Å²) in [5.74, 6) is 0.0349. The average molecular weight is 375 g/mol. The lowest BCUT2D eigenvalue weighted by Crippen LogP contribution is -2.36. The zero-order valence-electron chi connectivity index (χ0n) is 14.7. The Bertz CT molecular complexity index is 905. The van der Waals surface area contributed by atoms with Crippen LogP contribution < -0.4 is 9.62 Å². The maximum absolute atomic E-state index is 12.5. The van der Waals surface area contributed by atoms with E-state index in [1.165, 1.54) is 12.3 Å². The van der Waals surface area contributed by atoms with Crippen LogP contribution in [0.1, 0.15) is 21.5 Å². The number of morpholine rings is 1. The Morgan fingerprint density at radius 1 is 1.15 bits per heavy atom. The van der Waals surface area contributed by atoms with E-state index in [4.69, 9.17) is 4.74 Å². The third kappa shape index (κ3) is 4.03. The zero-order chi connectivity index (χ0) is 18.7. The molecule has 0 atom stereocenters. The summed E-state index contributed by atoms with van der Waals surface area (Å²) in [6, 6.07) is 8.32. The lowest BCUT2D eigenvalue weighted by Gasteiger charge is -2.27. The summed E-state index contributed by atoms with van der Waals surface area (Å²) in [6.07, 6.45) is 1.27. The van der Waals surface area contributed by atoms with Gasteiger partial charge in [0.15, 0.2) is 0 Å². The number of nitrogens with zero attached hydrogens (tertiary/aromatic N) is 2. The highest BCUT2D eigenvalue weighted by Crippen LogP contribution is 2.17. The van der Waals surface area contributed by atoms with Gasteiger partial charge in [-0.15, -0.1) is 0 Å². The van der Waals surface area contributed by atoms with Crippen LogP contribution in [0, 0.1) is 13.8 Å². The van der Waals surface area contributed by atoms with E-state index in [1.807, 2.05) is 17.9 Å². The predicted molar refractivity (Wildman–Crippen MR) is 97.8 cm³/mol. The molecule has 1 aromatic carbocycles. The zero-order valence-corrected chi connectivity index (χ0v) is 15.5. The van der Waals surface area contributed by atoms with Gasteiger partial charge in [-0.05, 0) is 37.6 Å². The first-order chi connectivity index (χ1) is 12.4. The fourth-order valence-corrected chi connectivity index (χ4v) is 3.73. The molecule has 2 aromatic rings. The van der Waals surface area contributed by atoms with Crippen molar-refractivity contribution in [3.63, 3.8) is 0 Å². The van der Waals surface area contributed by atoms with Crippen LogP contribution in [0.15, 0.2) is 41.4 Å². The highest BCUT2D eigenvalue weighted by Gasteiger charge is 2.21. The molecule has 0 spiro atoms. The molecule has 0 unspecified atom stereocenters. The normalized spacial score (nSPS) is 14.9. The summed E-state index contributed by atoms with van der Waals surface area (Å²) >= 11 is 0. The standard InChI is InChI=1S/C18H21N3O4S/c1-13-3-5-16(14(2)11-13)18(22)20-26(23,24)15-4-6-17(19-12-15)21-7-9-25-10-8-21/h3-6,11-12H,7-10H2,1-2H3,(H,20,22). The summed E-state index contributed by atoms with van der Waals surface area (Å²) in [5.41, 5.74) is 2.06. The van der Waals surface area contributed by atoms with Crippen molar-refractivity contribution in [3.8, 4) is 0 Å². The van der Waals surface area contributed by atoms with Gasteiger partial charge in [0, 0.05) is 24.8 Å². The Labute approximate surface area is 153 Å². The fourth-order valence-electron chi connectivity index (χ4n) is 2.82. The maximum Gasteiger partial charge on any atom is 0.265 e. The van der Waals surface area contributed by atoms with E-state index in [2.05, 4.69) is 9.71 Å². The third-order valence-electron chi connectivity index (χ3n) is 4.22. The van der Waals surface area contributed by atoms with Crippen LogP contribution in [0.4, 0.5) is 5.82 Å². The summed E-state index contributed by atoms with van der Waals surface area (Å²) < 4.78 is 32.3. The molecule has 1 saturated heterocycles. The minimum Gasteiger partial charge on any atom is -0.378 e. The number of amides is 1. The Hall–Kier alpha value is -2.45. The summed E-state index contributed by atoms with van der Waals surface area (Å²) in [5, 5.41) is 0. The molecule has 8 heteroatoms. The molecular weight excluding hydrogens is 354 g/mol. The Morgan fingerprint density at radius 2 is 1.88 bits per heavy atom. The molecule has 2 heterocycles. The predicted octanol–water partition coefficient (Wildman–Crippen LogP) is 1.65. The van der Waals surface area contributed by atoms with E-state index in [0.29, 0.717) is 37.7 Å². The van der Waals surface area contributed by atoms with Crippen LogP contribution in [0.3, 0.4) is 0 Å². The van der Waals surface area contributed by atoms with Crippen molar-refractivity contribution in [3.05, 3.63) is 53.2 Å². The van der Waals surface area contributed by atoms with Crippen molar-refractivity contribution in [2.24, 2.45) is 0 Å². The second kappa shape index (κ2) is 7.43. The molecule has 1 aliphatic rings. The number of rotatable bonds is 4. The van der Waals surface area contributed by atoms with Gasteiger partial charge in [-0.25, -0.2) is 18.1 Å². The molecule has 1 fully saturated rings. The first-order valence-electron chi connectivity index (χ1n) is 8.30. The van der Waals surface area contributed by atoms with Crippen LogP contribution in [-0.4, -0.2) is 45.6 Å².